The minimum Gasteiger partial charge on any atom is -0.388 e. The number of benzene rings is 2. The molecule has 1 amide bonds. The summed E-state index contributed by atoms with van der Waals surface area (Å²) < 4.78 is 0. The highest BCUT2D eigenvalue weighted by Crippen LogP contribution is 2.25. The topological polar surface area (TPSA) is 50.7 Å². The van der Waals surface area contributed by atoms with Crippen LogP contribution >= 0.6 is 0 Å². The van der Waals surface area contributed by atoms with Gasteiger partial charge in [-0.2, -0.15) is 0 Å². The number of nitrogens with zero attached hydrogens (tertiary/aromatic N) is 1. The smallest absolute Gasteiger partial charge is 0.255 e. The SMILES string of the molecule is Cc1ccc(C(=O)Nc2ccc([C@@H]3CC=NO3)cc2)cc1. The van der Waals surface area contributed by atoms with E-state index in [-0.39, 0.29) is 12.0 Å². The number of nitrogens with one attached hydrogen (secondary N) is 1. The number of hydrogen-bond acceptors (Lipinski definition) is 3. The predicted molar refractivity (Wildman–Crippen MR) is 82.5 cm³/mol. The number of carbonyl (C=O) groups is 1. The molecule has 0 aromatic heterocycles. The van der Waals surface area contributed by atoms with Crippen LogP contribution in [0, 0.1) is 6.92 Å². The van der Waals surface area contributed by atoms with E-state index in [0.717, 1.165) is 23.2 Å². The number of amides is 1. The molecular weight excluding hydrogens is 264 g/mol. The number of carbonyl (C=O) groups excluding carboxylic acids is 1. The molecule has 4 heteroatoms. The van der Waals surface area contributed by atoms with E-state index in [2.05, 4.69) is 10.5 Å². The van der Waals surface area contributed by atoms with Crippen LogP contribution in [0.1, 0.15) is 34.0 Å². The van der Waals surface area contributed by atoms with E-state index in [4.69, 9.17) is 4.84 Å². The Hall–Kier alpha value is -2.62. The van der Waals surface area contributed by atoms with E-state index in [1.807, 2.05) is 55.5 Å². The molecule has 0 spiro atoms. The van der Waals surface area contributed by atoms with Crippen molar-refractivity contribution in [1.82, 2.24) is 0 Å². The number of aryl methyl sites for hydroxylation is 1. The van der Waals surface area contributed by atoms with Gasteiger partial charge in [-0.25, -0.2) is 0 Å². The first-order chi connectivity index (χ1) is 10.2. The molecule has 0 saturated heterocycles. The molecule has 1 aliphatic heterocycles. The highest BCUT2D eigenvalue weighted by Gasteiger charge is 2.15. The van der Waals surface area contributed by atoms with Crippen LogP contribution in [0.25, 0.3) is 0 Å². The van der Waals surface area contributed by atoms with Crippen molar-refractivity contribution in [2.75, 3.05) is 5.32 Å². The predicted octanol–water partition coefficient (Wildman–Crippen LogP) is 3.69. The van der Waals surface area contributed by atoms with Gasteiger partial charge in [0.25, 0.3) is 5.91 Å². The lowest BCUT2D eigenvalue weighted by Gasteiger charge is -2.10. The molecule has 0 fully saturated rings. The Balaban J connectivity index is 1.67. The number of rotatable bonds is 3. The van der Waals surface area contributed by atoms with Gasteiger partial charge in [0.2, 0.25) is 0 Å². The van der Waals surface area contributed by atoms with Gasteiger partial charge in [0, 0.05) is 23.9 Å². The third-order valence-corrected chi connectivity index (χ3v) is 3.44. The van der Waals surface area contributed by atoms with Crippen molar-refractivity contribution in [1.29, 1.82) is 0 Å². The Labute approximate surface area is 123 Å². The van der Waals surface area contributed by atoms with Gasteiger partial charge in [-0.3, -0.25) is 4.79 Å². The van der Waals surface area contributed by atoms with Crippen molar-refractivity contribution in [2.24, 2.45) is 5.16 Å². The summed E-state index contributed by atoms with van der Waals surface area (Å²) in [4.78, 5) is 17.3. The minimum absolute atomic E-state index is 0.00755. The van der Waals surface area contributed by atoms with Crippen LogP contribution in [0.3, 0.4) is 0 Å². The third kappa shape index (κ3) is 3.11. The fraction of sp³-hybridized carbons (Fsp3) is 0.176. The molecule has 4 nitrogen and oxygen atoms in total. The molecular formula is C17H16N2O2. The van der Waals surface area contributed by atoms with Crippen LogP contribution < -0.4 is 5.32 Å². The molecule has 3 rings (SSSR count). The average molecular weight is 280 g/mol. The molecule has 0 radical (unpaired) electrons. The molecule has 1 aliphatic rings. The van der Waals surface area contributed by atoms with Crippen LogP contribution in [-0.2, 0) is 4.84 Å². The summed E-state index contributed by atoms with van der Waals surface area (Å²) in [6, 6.07) is 15.1. The average Bonchev–Trinajstić information content (AvgIpc) is 3.03. The Kier molecular flexibility index (Phi) is 3.69. The lowest BCUT2D eigenvalue weighted by Crippen LogP contribution is -2.11. The molecule has 1 heterocycles. The monoisotopic (exact) mass is 280 g/mol. The summed E-state index contributed by atoms with van der Waals surface area (Å²) in [5.74, 6) is -0.108. The maximum atomic E-state index is 12.1. The fourth-order valence-electron chi connectivity index (χ4n) is 2.18. The Morgan fingerprint density at radius 3 is 2.48 bits per heavy atom. The normalized spacial score (nSPS) is 16.5. The van der Waals surface area contributed by atoms with Gasteiger partial charge in [-0.1, -0.05) is 35.0 Å². The highest BCUT2D eigenvalue weighted by atomic mass is 16.6. The summed E-state index contributed by atoms with van der Waals surface area (Å²) in [7, 11) is 0. The summed E-state index contributed by atoms with van der Waals surface area (Å²) in [6.07, 6.45) is 2.54. The Morgan fingerprint density at radius 2 is 1.86 bits per heavy atom. The second kappa shape index (κ2) is 5.79. The standard InChI is InChI=1S/C17H16N2O2/c1-12-2-4-14(5-3-12)17(20)19-15-8-6-13(7-9-15)16-10-11-18-21-16/h2-9,11,16H,10H2,1H3,(H,19,20)/t16-/m0/s1. The first-order valence-corrected chi connectivity index (χ1v) is 6.88. The second-order valence-electron chi connectivity index (χ2n) is 5.06. The zero-order chi connectivity index (χ0) is 14.7. The third-order valence-electron chi connectivity index (χ3n) is 3.44. The van der Waals surface area contributed by atoms with E-state index in [1.54, 1.807) is 6.21 Å². The van der Waals surface area contributed by atoms with Gasteiger partial charge in [0.15, 0.2) is 6.10 Å². The van der Waals surface area contributed by atoms with Crippen molar-refractivity contribution in [3.05, 3.63) is 65.2 Å². The van der Waals surface area contributed by atoms with Crippen LogP contribution in [0.4, 0.5) is 5.69 Å². The molecule has 0 saturated carbocycles. The van der Waals surface area contributed by atoms with Gasteiger partial charge >= 0.3 is 0 Å². The molecule has 1 atom stereocenters. The van der Waals surface area contributed by atoms with Crippen LogP contribution in [0.2, 0.25) is 0 Å². The Morgan fingerprint density at radius 1 is 1.14 bits per heavy atom. The van der Waals surface area contributed by atoms with E-state index in [0.29, 0.717) is 5.56 Å². The van der Waals surface area contributed by atoms with Crippen LogP contribution in [0.15, 0.2) is 53.7 Å². The zero-order valence-corrected chi connectivity index (χ0v) is 11.7. The van der Waals surface area contributed by atoms with E-state index < -0.39 is 0 Å². The van der Waals surface area contributed by atoms with Crippen molar-refractivity contribution in [3.63, 3.8) is 0 Å². The van der Waals surface area contributed by atoms with Gasteiger partial charge in [0.05, 0.1) is 0 Å². The maximum Gasteiger partial charge on any atom is 0.255 e. The van der Waals surface area contributed by atoms with Crippen molar-refractivity contribution >= 4 is 17.8 Å². The first-order valence-electron chi connectivity index (χ1n) is 6.88. The van der Waals surface area contributed by atoms with Gasteiger partial charge in [0.1, 0.15) is 0 Å². The van der Waals surface area contributed by atoms with E-state index in [1.165, 1.54) is 0 Å². The second-order valence-corrected chi connectivity index (χ2v) is 5.06. The fourth-order valence-corrected chi connectivity index (χ4v) is 2.18. The lowest BCUT2D eigenvalue weighted by atomic mass is 10.1. The quantitative estimate of drug-likeness (QED) is 0.932. The number of anilines is 1. The summed E-state index contributed by atoms with van der Waals surface area (Å²) in [6.45, 7) is 2.00. The number of oxime groups is 1. The van der Waals surface area contributed by atoms with E-state index >= 15 is 0 Å². The van der Waals surface area contributed by atoms with Crippen molar-refractivity contribution in [3.8, 4) is 0 Å². The molecule has 2 aromatic rings. The molecule has 21 heavy (non-hydrogen) atoms. The van der Waals surface area contributed by atoms with E-state index in [9.17, 15) is 4.79 Å². The molecule has 0 unspecified atom stereocenters. The lowest BCUT2D eigenvalue weighted by molar-refractivity contribution is 0.0858. The van der Waals surface area contributed by atoms with Crippen LogP contribution in [-0.4, -0.2) is 12.1 Å². The first kappa shape index (κ1) is 13.4. The molecule has 0 aliphatic carbocycles. The summed E-state index contributed by atoms with van der Waals surface area (Å²) in [5, 5.41) is 6.65. The number of hydrogen-bond donors (Lipinski definition) is 1. The largest absolute Gasteiger partial charge is 0.388 e. The minimum atomic E-state index is -0.108. The maximum absolute atomic E-state index is 12.1. The highest BCUT2D eigenvalue weighted by molar-refractivity contribution is 6.04. The van der Waals surface area contributed by atoms with Crippen LogP contribution in [0.5, 0.6) is 0 Å². The van der Waals surface area contributed by atoms with Gasteiger partial charge in [-0.05, 0) is 36.8 Å². The molecule has 106 valence electrons. The summed E-state index contributed by atoms with van der Waals surface area (Å²) >= 11 is 0. The van der Waals surface area contributed by atoms with Gasteiger partial charge < -0.3 is 10.2 Å². The molecule has 0 bridgehead atoms. The molecule has 1 N–H and O–H groups in total. The summed E-state index contributed by atoms with van der Waals surface area (Å²) in [5.41, 5.74) is 3.61. The van der Waals surface area contributed by atoms with Gasteiger partial charge in [-0.15, -0.1) is 0 Å². The zero-order valence-electron chi connectivity index (χ0n) is 11.7. The van der Waals surface area contributed by atoms with Crippen molar-refractivity contribution in [2.45, 2.75) is 19.4 Å². The Bertz CT molecular complexity index is 652. The molecule has 2 aromatic carbocycles. The van der Waals surface area contributed by atoms with Crippen molar-refractivity contribution < 1.29 is 9.63 Å².